The van der Waals surface area contributed by atoms with E-state index in [-0.39, 0.29) is 23.0 Å². The van der Waals surface area contributed by atoms with E-state index in [2.05, 4.69) is 10.6 Å². The average molecular weight is 386 g/mol. The van der Waals surface area contributed by atoms with Gasteiger partial charge in [0.15, 0.2) is 0 Å². The third-order valence-electron chi connectivity index (χ3n) is 4.60. The van der Waals surface area contributed by atoms with Crippen LogP contribution in [0.2, 0.25) is 0 Å². The Balaban J connectivity index is 1.75. The molecule has 2 aromatic rings. The summed E-state index contributed by atoms with van der Waals surface area (Å²) in [5.41, 5.74) is 1.06. The number of likely N-dealkylation sites (tertiary alicyclic amines) is 1. The minimum absolute atomic E-state index is 0.0986. The van der Waals surface area contributed by atoms with Gasteiger partial charge >= 0.3 is 0 Å². The summed E-state index contributed by atoms with van der Waals surface area (Å²) in [4.78, 5) is 36.8. The van der Waals surface area contributed by atoms with Crippen LogP contribution in [0.25, 0.3) is 0 Å². The van der Waals surface area contributed by atoms with E-state index in [1.807, 2.05) is 0 Å². The molecule has 1 aliphatic heterocycles. The second-order valence-corrected chi connectivity index (χ2v) is 6.44. The van der Waals surface area contributed by atoms with E-state index in [1.165, 1.54) is 37.4 Å². The number of hydrogen-bond donors (Lipinski definition) is 2. The van der Waals surface area contributed by atoms with E-state index < -0.39 is 16.9 Å². The summed E-state index contributed by atoms with van der Waals surface area (Å²) in [6, 6.07) is 9.29. The van der Waals surface area contributed by atoms with Crippen LogP contribution in [0, 0.1) is 15.9 Å². The first-order valence-electron chi connectivity index (χ1n) is 8.69. The smallest absolute Gasteiger partial charge is 0.270 e. The molecule has 28 heavy (non-hydrogen) atoms. The summed E-state index contributed by atoms with van der Waals surface area (Å²) in [5.74, 6) is -0.971. The van der Waals surface area contributed by atoms with Crippen molar-refractivity contribution in [2.24, 2.45) is 0 Å². The van der Waals surface area contributed by atoms with Crippen molar-refractivity contribution >= 4 is 23.2 Å². The maximum absolute atomic E-state index is 13.0. The van der Waals surface area contributed by atoms with Gasteiger partial charge in [-0.3, -0.25) is 19.7 Å². The Labute approximate surface area is 160 Å². The number of carbonyl (C=O) groups is 2. The summed E-state index contributed by atoms with van der Waals surface area (Å²) in [5, 5.41) is 16.5. The fourth-order valence-corrected chi connectivity index (χ4v) is 3.12. The molecule has 0 radical (unpaired) electrons. The Morgan fingerprint density at radius 2 is 2.00 bits per heavy atom. The molecule has 1 heterocycles. The number of non-ortho nitro benzene ring substituents is 1. The lowest BCUT2D eigenvalue weighted by molar-refractivity contribution is -0.384. The van der Waals surface area contributed by atoms with Gasteiger partial charge in [-0.25, -0.2) is 4.39 Å². The van der Waals surface area contributed by atoms with Gasteiger partial charge in [-0.2, -0.15) is 0 Å². The van der Waals surface area contributed by atoms with Crippen molar-refractivity contribution in [2.75, 3.05) is 18.9 Å². The molecule has 1 fully saturated rings. The molecular formula is C19H19FN4O4. The lowest BCUT2D eigenvalue weighted by Gasteiger charge is -2.19. The Hall–Kier alpha value is -3.49. The molecule has 146 valence electrons. The Kier molecular flexibility index (Phi) is 5.53. The van der Waals surface area contributed by atoms with E-state index in [0.29, 0.717) is 25.2 Å². The lowest BCUT2D eigenvalue weighted by Crippen LogP contribution is -2.33. The van der Waals surface area contributed by atoms with Crippen LogP contribution < -0.4 is 10.6 Å². The second-order valence-electron chi connectivity index (χ2n) is 6.44. The zero-order valence-corrected chi connectivity index (χ0v) is 15.1. The van der Waals surface area contributed by atoms with Gasteiger partial charge in [-0.05, 0) is 30.2 Å². The monoisotopic (exact) mass is 386 g/mol. The predicted molar refractivity (Wildman–Crippen MR) is 100 cm³/mol. The molecule has 1 unspecified atom stereocenters. The number of halogens is 1. The van der Waals surface area contributed by atoms with E-state index in [0.717, 1.165) is 5.56 Å². The third-order valence-corrected chi connectivity index (χ3v) is 4.60. The summed E-state index contributed by atoms with van der Waals surface area (Å²) in [6.45, 7) is 0.871. The van der Waals surface area contributed by atoms with Crippen molar-refractivity contribution in [3.05, 3.63) is 69.5 Å². The zero-order valence-electron chi connectivity index (χ0n) is 15.1. The number of carbonyl (C=O) groups excluding carboxylic acids is 2. The molecule has 0 saturated carbocycles. The van der Waals surface area contributed by atoms with Crippen LogP contribution >= 0.6 is 0 Å². The van der Waals surface area contributed by atoms with Crippen molar-refractivity contribution in [1.29, 1.82) is 0 Å². The zero-order chi connectivity index (χ0) is 20.3. The van der Waals surface area contributed by atoms with Crippen molar-refractivity contribution in [2.45, 2.75) is 19.0 Å². The average Bonchev–Trinajstić information content (AvgIpc) is 3.02. The third kappa shape index (κ3) is 4.08. The van der Waals surface area contributed by atoms with Gasteiger partial charge in [-0.15, -0.1) is 0 Å². The highest BCUT2D eigenvalue weighted by Gasteiger charge is 2.32. The van der Waals surface area contributed by atoms with Crippen LogP contribution in [0.4, 0.5) is 15.8 Å². The van der Waals surface area contributed by atoms with Crippen LogP contribution in [-0.4, -0.2) is 41.3 Å². The summed E-state index contributed by atoms with van der Waals surface area (Å²) < 4.78 is 13.0. The topological polar surface area (TPSA) is 105 Å². The van der Waals surface area contributed by atoms with Gasteiger partial charge in [0.2, 0.25) is 5.91 Å². The molecular weight excluding hydrogens is 367 g/mol. The summed E-state index contributed by atoms with van der Waals surface area (Å²) >= 11 is 0. The molecule has 0 bridgehead atoms. The number of nitro benzene ring substituents is 1. The van der Waals surface area contributed by atoms with Crippen LogP contribution in [0.5, 0.6) is 0 Å². The molecule has 1 aliphatic rings. The number of nitrogens with one attached hydrogen (secondary N) is 2. The maximum atomic E-state index is 13.0. The molecule has 0 spiro atoms. The Morgan fingerprint density at radius 3 is 2.64 bits per heavy atom. The SMILES string of the molecule is CNC(=O)c1cc([N+](=O)[O-])ccc1NC1CCN(Cc2ccc(F)cc2)C1=O. The molecule has 0 aromatic heterocycles. The first kappa shape index (κ1) is 19.3. The number of rotatable bonds is 6. The quantitative estimate of drug-likeness (QED) is 0.586. The first-order valence-corrected chi connectivity index (χ1v) is 8.69. The molecule has 3 rings (SSSR count). The van der Waals surface area contributed by atoms with Gasteiger partial charge < -0.3 is 15.5 Å². The van der Waals surface area contributed by atoms with Crippen LogP contribution in [0.3, 0.4) is 0 Å². The minimum Gasteiger partial charge on any atom is -0.373 e. The lowest BCUT2D eigenvalue weighted by atomic mass is 10.1. The van der Waals surface area contributed by atoms with Crippen molar-refractivity contribution in [1.82, 2.24) is 10.2 Å². The highest BCUT2D eigenvalue weighted by molar-refractivity contribution is 6.01. The number of amides is 2. The van der Waals surface area contributed by atoms with Gasteiger partial charge in [0, 0.05) is 38.0 Å². The van der Waals surface area contributed by atoms with Gasteiger partial charge in [0.25, 0.3) is 11.6 Å². The van der Waals surface area contributed by atoms with Crippen LogP contribution in [0.1, 0.15) is 22.3 Å². The highest BCUT2D eigenvalue weighted by atomic mass is 19.1. The van der Waals surface area contributed by atoms with E-state index in [4.69, 9.17) is 0 Å². The van der Waals surface area contributed by atoms with Crippen molar-refractivity contribution in [3.8, 4) is 0 Å². The fraction of sp³-hybridized carbons (Fsp3) is 0.263. The predicted octanol–water partition coefficient (Wildman–Crippen LogP) is 2.31. The number of benzene rings is 2. The maximum Gasteiger partial charge on any atom is 0.270 e. The molecule has 0 aliphatic carbocycles. The summed E-state index contributed by atoms with van der Waals surface area (Å²) in [6.07, 6.45) is 0.518. The minimum atomic E-state index is -0.582. The van der Waals surface area contributed by atoms with E-state index >= 15 is 0 Å². The summed E-state index contributed by atoms with van der Waals surface area (Å²) in [7, 11) is 1.43. The molecule has 9 heteroatoms. The van der Waals surface area contributed by atoms with Gasteiger partial charge in [0.05, 0.1) is 10.5 Å². The molecule has 1 atom stereocenters. The highest BCUT2D eigenvalue weighted by Crippen LogP contribution is 2.25. The number of hydrogen-bond acceptors (Lipinski definition) is 5. The largest absolute Gasteiger partial charge is 0.373 e. The van der Waals surface area contributed by atoms with E-state index in [1.54, 1.807) is 17.0 Å². The molecule has 1 saturated heterocycles. The van der Waals surface area contributed by atoms with Gasteiger partial charge in [-0.1, -0.05) is 12.1 Å². The second kappa shape index (κ2) is 8.03. The Bertz CT molecular complexity index is 917. The molecule has 2 aromatic carbocycles. The number of nitro groups is 1. The van der Waals surface area contributed by atoms with Crippen LogP contribution in [-0.2, 0) is 11.3 Å². The normalized spacial score (nSPS) is 16.1. The Morgan fingerprint density at radius 1 is 1.29 bits per heavy atom. The van der Waals surface area contributed by atoms with Gasteiger partial charge in [0.1, 0.15) is 11.9 Å². The fourth-order valence-electron chi connectivity index (χ4n) is 3.12. The first-order chi connectivity index (χ1) is 13.4. The number of anilines is 1. The van der Waals surface area contributed by atoms with Crippen molar-refractivity contribution in [3.63, 3.8) is 0 Å². The standard InChI is InChI=1S/C19H19FN4O4/c1-21-18(25)15-10-14(24(27)28)6-7-16(15)22-17-8-9-23(19(17)26)11-12-2-4-13(20)5-3-12/h2-7,10,17,22H,8-9,11H2,1H3,(H,21,25). The van der Waals surface area contributed by atoms with Crippen LogP contribution in [0.15, 0.2) is 42.5 Å². The molecule has 8 nitrogen and oxygen atoms in total. The molecule has 2 amide bonds. The van der Waals surface area contributed by atoms with E-state index in [9.17, 15) is 24.1 Å². The molecule has 2 N–H and O–H groups in total. The van der Waals surface area contributed by atoms with Crippen molar-refractivity contribution < 1.29 is 18.9 Å². The number of nitrogens with zero attached hydrogens (tertiary/aromatic N) is 2.